The second-order valence-corrected chi connectivity index (χ2v) is 5.61. The summed E-state index contributed by atoms with van der Waals surface area (Å²) in [5.74, 6) is 0.627. The van der Waals surface area contributed by atoms with Gasteiger partial charge in [-0.1, -0.05) is 0 Å². The molecule has 2 rings (SSSR count). The van der Waals surface area contributed by atoms with Crippen LogP contribution in [0.5, 0.6) is 11.5 Å². The molecule has 0 bridgehead atoms. The fourth-order valence-corrected chi connectivity index (χ4v) is 2.84. The van der Waals surface area contributed by atoms with Gasteiger partial charge in [0.05, 0.1) is 26.3 Å². The molecule has 0 saturated heterocycles. The van der Waals surface area contributed by atoms with E-state index in [1.165, 1.54) is 11.3 Å². The topological polar surface area (TPSA) is 67.8 Å². The van der Waals surface area contributed by atoms with Gasteiger partial charge in [-0.25, -0.2) is 0 Å². The van der Waals surface area contributed by atoms with Crippen molar-refractivity contribution >= 4 is 23.0 Å². The van der Waals surface area contributed by atoms with Crippen LogP contribution >= 0.6 is 11.3 Å². The minimum Gasteiger partial charge on any atom is -0.497 e. The SMILES string of the molecule is COc1ccc(NCc2ccc(CC(=O)O)s2)c(OC)c1. The van der Waals surface area contributed by atoms with E-state index in [-0.39, 0.29) is 6.42 Å². The Labute approximate surface area is 127 Å². The number of benzene rings is 1. The van der Waals surface area contributed by atoms with Gasteiger partial charge in [0.15, 0.2) is 0 Å². The lowest BCUT2D eigenvalue weighted by molar-refractivity contribution is -0.136. The molecule has 1 heterocycles. The summed E-state index contributed by atoms with van der Waals surface area (Å²) in [5.41, 5.74) is 0.867. The molecule has 0 amide bonds. The maximum atomic E-state index is 10.7. The van der Waals surface area contributed by atoms with E-state index in [1.807, 2.05) is 30.3 Å². The predicted octanol–water partition coefficient (Wildman–Crippen LogP) is 3.00. The van der Waals surface area contributed by atoms with Gasteiger partial charge in [-0.3, -0.25) is 4.79 Å². The van der Waals surface area contributed by atoms with Crippen LogP contribution in [0.25, 0.3) is 0 Å². The molecule has 21 heavy (non-hydrogen) atoms. The van der Waals surface area contributed by atoms with Gasteiger partial charge in [0, 0.05) is 22.4 Å². The maximum Gasteiger partial charge on any atom is 0.308 e. The van der Waals surface area contributed by atoms with E-state index in [1.54, 1.807) is 14.2 Å². The van der Waals surface area contributed by atoms with Gasteiger partial charge in [-0.05, 0) is 24.3 Å². The molecule has 2 N–H and O–H groups in total. The number of nitrogens with one attached hydrogen (secondary N) is 1. The Balaban J connectivity index is 2.02. The third-order valence-corrected chi connectivity index (χ3v) is 3.99. The first-order valence-electron chi connectivity index (χ1n) is 6.37. The van der Waals surface area contributed by atoms with Crippen molar-refractivity contribution in [3.05, 3.63) is 40.1 Å². The molecule has 0 aliphatic carbocycles. The van der Waals surface area contributed by atoms with E-state index in [9.17, 15) is 4.79 Å². The van der Waals surface area contributed by atoms with E-state index < -0.39 is 5.97 Å². The summed E-state index contributed by atoms with van der Waals surface area (Å²) in [6.45, 7) is 0.618. The standard InChI is InChI=1S/C15H17NO4S/c1-19-10-3-6-13(14(7-10)20-2)16-9-12-5-4-11(21-12)8-15(17)18/h3-7,16H,8-9H2,1-2H3,(H,17,18). The highest BCUT2D eigenvalue weighted by atomic mass is 32.1. The average Bonchev–Trinajstić information content (AvgIpc) is 2.91. The zero-order valence-corrected chi connectivity index (χ0v) is 12.7. The zero-order valence-electron chi connectivity index (χ0n) is 11.9. The maximum absolute atomic E-state index is 10.7. The monoisotopic (exact) mass is 307 g/mol. The number of ether oxygens (including phenoxy) is 2. The summed E-state index contributed by atoms with van der Waals surface area (Å²) in [5, 5.41) is 12.0. The first kappa shape index (κ1) is 15.2. The second-order valence-electron chi connectivity index (χ2n) is 4.36. The van der Waals surface area contributed by atoms with Gasteiger partial charge in [-0.15, -0.1) is 11.3 Å². The molecule has 0 aliphatic rings. The quantitative estimate of drug-likeness (QED) is 0.823. The number of carbonyl (C=O) groups is 1. The minimum absolute atomic E-state index is 0.0660. The fraction of sp³-hybridized carbons (Fsp3) is 0.267. The lowest BCUT2D eigenvalue weighted by Crippen LogP contribution is -2.00. The molecule has 2 aromatic rings. The lowest BCUT2D eigenvalue weighted by atomic mass is 10.2. The Kier molecular flexibility index (Phi) is 5.05. The summed E-state index contributed by atoms with van der Waals surface area (Å²) < 4.78 is 10.5. The van der Waals surface area contributed by atoms with Crippen LogP contribution in [0.4, 0.5) is 5.69 Å². The van der Waals surface area contributed by atoms with Gasteiger partial charge in [0.2, 0.25) is 0 Å². The molecule has 0 aliphatic heterocycles. The van der Waals surface area contributed by atoms with Gasteiger partial charge < -0.3 is 19.9 Å². The highest BCUT2D eigenvalue weighted by Crippen LogP contribution is 2.30. The van der Waals surface area contributed by atoms with Crippen LogP contribution in [-0.2, 0) is 17.8 Å². The van der Waals surface area contributed by atoms with Crippen molar-refractivity contribution in [2.24, 2.45) is 0 Å². The number of hydrogen-bond donors (Lipinski definition) is 2. The number of carboxylic acid groups (broad SMARTS) is 1. The molecule has 0 saturated carbocycles. The van der Waals surface area contributed by atoms with Crippen LogP contribution < -0.4 is 14.8 Å². The smallest absolute Gasteiger partial charge is 0.308 e. The third kappa shape index (κ3) is 4.13. The van der Waals surface area contributed by atoms with Crippen molar-refractivity contribution in [3.8, 4) is 11.5 Å². The highest BCUT2D eigenvalue weighted by molar-refractivity contribution is 7.12. The number of carboxylic acids is 1. The summed E-state index contributed by atoms with van der Waals surface area (Å²) in [6, 6.07) is 9.35. The first-order chi connectivity index (χ1) is 10.1. The Bertz CT molecular complexity index is 624. The van der Waals surface area contributed by atoms with Crippen LogP contribution in [0.3, 0.4) is 0 Å². The highest BCUT2D eigenvalue weighted by Gasteiger charge is 2.07. The first-order valence-corrected chi connectivity index (χ1v) is 7.19. The van der Waals surface area contributed by atoms with E-state index in [0.29, 0.717) is 12.3 Å². The molecule has 6 heteroatoms. The molecule has 0 radical (unpaired) electrons. The van der Waals surface area contributed by atoms with Crippen LogP contribution in [0.2, 0.25) is 0 Å². The van der Waals surface area contributed by atoms with E-state index >= 15 is 0 Å². The molecule has 0 spiro atoms. The molecule has 0 fully saturated rings. The normalized spacial score (nSPS) is 10.2. The van der Waals surface area contributed by atoms with Gasteiger partial charge in [0.1, 0.15) is 11.5 Å². The third-order valence-electron chi connectivity index (χ3n) is 2.90. The molecule has 1 aromatic heterocycles. The summed E-state index contributed by atoms with van der Waals surface area (Å²) in [4.78, 5) is 12.6. The van der Waals surface area contributed by atoms with Crippen molar-refractivity contribution in [3.63, 3.8) is 0 Å². The van der Waals surface area contributed by atoms with Crippen LogP contribution in [0, 0.1) is 0 Å². The summed E-state index contributed by atoms with van der Waals surface area (Å²) >= 11 is 1.49. The summed E-state index contributed by atoms with van der Waals surface area (Å²) in [7, 11) is 3.22. The predicted molar refractivity (Wildman–Crippen MR) is 82.5 cm³/mol. The van der Waals surface area contributed by atoms with Crippen molar-refractivity contribution in [1.29, 1.82) is 0 Å². The number of thiophene rings is 1. The zero-order chi connectivity index (χ0) is 15.2. The molecule has 0 atom stereocenters. The number of aliphatic carboxylic acids is 1. The molecular formula is C15H17NO4S. The van der Waals surface area contributed by atoms with Crippen LogP contribution in [-0.4, -0.2) is 25.3 Å². The van der Waals surface area contributed by atoms with E-state index in [2.05, 4.69) is 5.32 Å². The van der Waals surface area contributed by atoms with Crippen LogP contribution in [0.1, 0.15) is 9.75 Å². The minimum atomic E-state index is -0.812. The fourth-order valence-electron chi connectivity index (χ4n) is 1.89. The Morgan fingerprint density at radius 1 is 1.19 bits per heavy atom. The van der Waals surface area contributed by atoms with Crippen molar-refractivity contribution in [1.82, 2.24) is 0 Å². The van der Waals surface area contributed by atoms with Gasteiger partial charge in [-0.2, -0.15) is 0 Å². The van der Waals surface area contributed by atoms with Crippen molar-refractivity contribution in [2.45, 2.75) is 13.0 Å². The molecule has 0 unspecified atom stereocenters. The van der Waals surface area contributed by atoms with Crippen LogP contribution in [0.15, 0.2) is 30.3 Å². The Morgan fingerprint density at radius 2 is 1.95 bits per heavy atom. The number of anilines is 1. The van der Waals surface area contributed by atoms with Crippen molar-refractivity contribution in [2.75, 3.05) is 19.5 Å². The molecular weight excluding hydrogens is 290 g/mol. The number of methoxy groups -OCH3 is 2. The molecule has 112 valence electrons. The second kappa shape index (κ2) is 6.99. The number of rotatable bonds is 7. The van der Waals surface area contributed by atoms with Crippen molar-refractivity contribution < 1.29 is 19.4 Å². The lowest BCUT2D eigenvalue weighted by Gasteiger charge is -2.11. The largest absolute Gasteiger partial charge is 0.497 e. The molecule has 5 nitrogen and oxygen atoms in total. The molecule has 1 aromatic carbocycles. The Morgan fingerprint density at radius 3 is 2.62 bits per heavy atom. The van der Waals surface area contributed by atoms with E-state index in [4.69, 9.17) is 14.6 Å². The van der Waals surface area contributed by atoms with Gasteiger partial charge in [0.25, 0.3) is 0 Å². The average molecular weight is 307 g/mol. The number of hydrogen-bond acceptors (Lipinski definition) is 5. The van der Waals surface area contributed by atoms with Gasteiger partial charge >= 0.3 is 5.97 Å². The summed E-state index contributed by atoms with van der Waals surface area (Å²) in [6.07, 6.45) is 0.0660. The Hall–Kier alpha value is -2.21. The van der Waals surface area contributed by atoms with E-state index in [0.717, 1.165) is 21.2 Å².